The van der Waals surface area contributed by atoms with Gasteiger partial charge in [-0.15, -0.1) is 0 Å². The Labute approximate surface area is 86.1 Å². The van der Waals surface area contributed by atoms with Gasteiger partial charge in [0.05, 0.1) is 5.71 Å². The van der Waals surface area contributed by atoms with Gasteiger partial charge < -0.3 is 4.84 Å². The van der Waals surface area contributed by atoms with Gasteiger partial charge in [-0.1, -0.05) is 19.0 Å². The molecule has 2 aliphatic rings. The van der Waals surface area contributed by atoms with E-state index in [4.69, 9.17) is 4.84 Å². The van der Waals surface area contributed by atoms with Crippen LogP contribution in [0.1, 0.15) is 33.6 Å². The lowest BCUT2D eigenvalue weighted by Gasteiger charge is -2.21. The maximum absolute atomic E-state index is 5.61. The number of nitrogens with zero attached hydrogens (tertiary/aromatic N) is 2. The van der Waals surface area contributed by atoms with Gasteiger partial charge in [0.25, 0.3) is 0 Å². The van der Waals surface area contributed by atoms with E-state index >= 15 is 0 Å². The number of oxime groups is 1. The average molecular weight is 196 g/mol. The first-order valence-electron chi connectivity index (χ1n) is 5.44. The number of likely N-dealkylation sites (N-methyl/N-ethyl adjacent to an activating group) is 1. The van der Waals surface area contributed by atoms with Crippen LogP contribution in [0.4, 0.5) is 0 Å². The number of rotatable bonds is 1. The molecule has 2 rings (SSSR count). The molecule has 0 bridgehead atoms. The second kappa shape index (κ2) is 3.23. The highest BCUT2D eigenvalue weighted by Gasteiger charge is 2.48. The third-order valence-corrected chi connectivity index (χ3v) is 3.43. The van der Waals surface area contributed by atoms with Crippen LogP contribution in [0.3, 0.4) is 0 Å². The van der Waals surface area contributed by atoms with Crippen molar-refractivity contribution in [2.45, 2.75) is 45.3 Å². The Morgan fingerprint density at radius 3 is 2.71 bits per heavy atom. The molecule has 2 unspecified atom stereocenters. The Bertz CT molecular complexity index is 262. The van der Waals surface area contributed by atoms with Crippen molar-refractivity contribution < 1.29 is 4.84 Å². The first-order chi connectivity index (χ1) is 6.52. The van der Waals surface area contributed by atoms with Crippen LogP contribution in [0.25, 0.3) is 0 Å². The van der Waals surface area contributed by atoms with Crippen LogP contribution < -0.4 is 0 Å². The summed E-state index contributed by atoms with van der Waals surface area (Å²) in [6, 6.07) is 0.649. The molecule has 0 saturated carbocycles. The second-order valence-corrected chi connectivity index (χ2v) is 5.21. The Morgan fingerprint density at radius 1 is 1.57 bits per heavy atom. The highest BCUT2D eigenvalue weighted by Crippen LogP contribution is 2.38. The van der Waals surface area contributed by atoms with E-state index in [2.05, 4.69) is 37.9 Å². The van der Waals surface area contributed by atoms with Crippen molar-refractivity contribution in [3.8, 4) is 0 Å². The fraction of sp³-hybridized carbons (Fsp3) is 0.909. The van der Waals surface area contributed by atoms with Gasteiger partial charge in [0.15, 0.2) is 5.60 Å². The molecule has 1 spiro atoms. The second-order valence-electron chi connectivity index (χ2n) is 5.21. The molecule has 3 heteroatoms. The van der Waals surface area contributed by atoms with Gasteiger partial charge in [-0.25, -0.2) is 0 Å². The number of likely N-dealkylation sites (tertiary alicyclic amines) is 1. The van der Waals surface area contributed by atoms with Gasteiger partial charge in [-0.2, -0.15) is 0 Å². The van der Waals surface area contributed by atoms with Crippen LogP contribution in [0.2, 0.25) is 0 Å². The van der Waals surface area contributed by atoms with Crippen LogP contribution in [-0.4, -0.2) is 35.8 Å². The SMILES string of the molecule is CC1=NOC2(C1)CC(C(C)C)N(C)C2. The molecule has 0 radical (unpaired) electrons. The summed E-state index contributed by atoms with van der Waals surface area (Å²) in [4.78, 5) is 8.03. The molecular formula is C11H20N2O. The van der Waals surface area contributed by atoms with Gasteiger partial charge in [0.2, 0.25) is 0 Å². The summed E-state index contributed by atoms with van der Waals surface area (Å²) in [6.07, 6.45) is 2.14. The minimum absolute atomic E-state index is 0.00771. The fourth-order valence-corrected chi connectivity index (χ4v) is 2.82. The molecule has 2 heterocycles. The van der Waals surface area contributed by atoms with E-state index in [0.717, 1.165) is 25.1 Å². The predicted molar refractivity (Wildman–Crippen MR) is 57.4 cm³/mol. The lowest BCUT2D eigenvalue weighted by molar-refractivity contribution is -0.00908. The van der Waals surface area contributed by atoms with Crippen LogP contribution in [-0.2, 0) is 4.84 Å². The minimum atomic E-state index is 0.00771. The molecule has 0 amide bonds. The zero-order chi connectivity index (χ0) is 10.3. The molecule has 1 saturated heterocycles. The molecule has 3 nitrogen and oxygen atoms in total. The molecule has 0 aromatic carbocycles. The van der Waals surface area contributed by atoms with Gasteiger partial charge in [0.1, 0.15) is 0 Å². The predicted octanol–water partition coefficient (Wildman–Crippen LogP) is 1.88. The average Bonchev–Trinajstić information content (AvgIpc) is 2.57. The molecule has 0 N–H and O–H groups in total. The monoisotopic (exact) mass is 196 g/mol. The molecular weight excluding hydrogens is 176 g/mol. The van der Waals surface area contributed by atoms with Crippen LogP contribution >= 0.6 is 0 Å². The van der Waals surface area contributed by atoms with E-state index in [-0.39, 0.29) is 5.60 Å². The molecule has 0 aromatic heterocycles. The highest BCUT2D eigenvalue weighted by atomic mass is 16.7. The fourth-order valence-electron chi connectivity index (χ4n) is 2.82. The Balaban J connectivity index is 2.06. The molecule has 0 aromatic rings. The van der Waals surface area contributed by atoms with E-state index in [1.807, 2.05) is 0 Å². The third-order valence-electron chi connectivity index (χ3n) is 3.43. The van der Waals surface area contributed by atoms with Crippen molar-refractivity contribution in [2.24, 2.45) is 11.1 Å². The lowest BCUT2D eigenvalue weighted by Crippen LogP contribution is -2.32. The summed E-state index contributed by atoms with van der Waals surface area (Å²) in [7, 11) is 2.19. The number of hydrogen-bond donors (Lipinski definition) is 0. The first-order valence-corrected chi connectivity index (χ1v) is 5.44. The van der Waals surface area contributed by atoms with E-state index in [0.29, 0.717) is 12.0 Å². The van der Waals surface area contributed by atoms with Gasteiger partial charge >= 0.3 is 0 Å². The van der Waals surface area contributed by atoms with Gasteiger partial charge in [0, 0.05) is 25.4 Å². The summed E-state index contributed by atoms with van der Waals surface area (Å²) in [6.45, 7) is 7.64. The lowest BCUT2D eigenvalue weighted by atomic mass is 9.91. The van der Waals surface area contributed by atoms with Crippen LogP contribution in [0, 0.1) is 5.92 Å². The van der Waals surface area contributed by atoms with Crippen LogP contribution in [0.5, 0.6) is 0 Å². The summed E-state index contributed by atoms with van der Waals surface area (Å²) >= 11 is 0. The van der Waals surface area contributed by atoms with Crippen molar-refractivity contribution in [3.05, 3.63) is 0 Å². The van der Waals surface area contributed by atoms with E-state index in [1.54, 1.807) is 0 Å². The smallest absolute Gasteiger partial charge is 0.157 e. The van der Waals surface area contributed by atoms with Gasteiger partial charge in [-0.05, 0) is 19.9 Å². The van der Waals surface area contributed by atoms with Crippen molar-refractivity contribution in [1.29, 1.82) is 0 Å². The topological polar surface area (TPSA) is 24.8 Å². The Hall–Kier alpha value is -0.570. The van der Waals surface area contributed by atoms with Crippen LogP contribution in [0.15, 0.2) is 5.16 Å². The van der Waals surface area contributed by atoms with Crippen molar-refractivity contribution in [3.63, 3.8) is 0 Å². The highest BCUT2D eigenvalue weighted by molar-refractivity contribution is 5.83. The van der Waals surface area contributed by atoms with Gasteiger partial charge in [-0.3, -0.25) is 4.90 Å². The molecule has 2 aliphatic heterocycles. The minimum Gasteiger partial charge on any atom is -0.387 e. The summed E-state index contributed by atoms with van der Waals surface area (Å²) in [5.41, 5.74) is 1.15. The quantitative estimate of drug-likeness (QED) is 0.639. The zero-order valence-corrected chi connectivity index (χ0v) is 9.58. The summed E-state index contributed by atoms with van der Waals surface area (Å²) in [5.74, 6) is 0.698. The Kier molecular flexibility index (Phi) is 2.30. The molecule has 2 atom stereocenters. The molecule has 0 aliphatic carbocycles. The summed E-state index contributed by atoms with van der Waals surface area (Å²) in [5, 5.41) is 4.09. The zero-order valence-electron chi connectivity index (χ0n) is 9.58. The molecule has 14 heavy (non-hydrogen) atoms. The molecule has 1 fully saturated rings. The van der Waals surface area contributed by atoms with Crippen molar-refractivity contribution in [1.82, 2.24) is 4.90 Å². The van der Waals surface area contributed by atoms with Crippen molar-refractivity contribution >= 4 is 5.71 Å². The normalized spacial score (nSPS) is 38.1. The van der Waals surface area contributed by atoms with E-state index in [9.17, 15) is 0 Å². The maximum Gasteiger partial charge on any atom is 0.157 e. The van der Waals surface area contributed by atoms with E-state index < -0.39 is 0 Å². The van der Waals surface area contributed by atoms with Crippen molar-refractivity contribution in [2.75, 3.05) is 13.6 Å². The first kappa shape index (κ1) is 9.97. The number of hydrogen-bond acceptors (Lipinski definition) is 3. The Morgan fingerprint density at radius 2 is 2.29 bits per heavy atom. The largest absolute Gasteiger partial charge is 0.387 e. The summed E-state index contributed by atoms with van der Waals surface area (Å²) < 4.78 is 0. The van der Waals surface area contributed by atoms with E-state index in [1.165, 1.54) is 0 Å². The molecule has 80 valence electrons. The maximum atomic E-state index is 5.61. The third kappa shape index (κ3) is 1.54. The standard InChI is InChI=1S/C11H20N2O/c1-8(2)10-6-11(7-13(10)4)5-9(3)12-14-11/h8,10H,5-7H2,1-4H3.